The van der Waals surface area contributed by atoms with Gasteiger partial charge in [0.15, 0.2) is 8.68 Å². The smallest absolute Gasteiger partial charge is 0.318 e. The second kappa shape index (κ2) is 6.71. The minimum absolute atomic E-state index is 0.224. The summed E-state index contributed by atoms with van der Waals surface area (Å²) in [5.41, 5.74) is 4.80. The van der Waals surface area contributed by atoms with Crippen LogP contribution in [0, 0.1) is 0 Å². The van der Waals surface area contributed by atoms with Crippen LogP contribution in [0.25, 0.3) is 0 Å². The molecule has 0 spiro atoms. The number of urea groups is 1. The number of aromatic nitrogens is 2. The Bertz CT molecular complexity index is 381. The van der Waals surface area contributed by atoms with Crippen LogP contribution in [0.2, 0.25) is 0 Å². The van der Waals surface area contributed by atoms with Gasteiger partial charge in [0, 0.05) is 12.2 Å². The average molecular weight is 278 g/mol. The van der Waals surface area contributed by atoms with E-state index in [-0.39, 0.29) is 12.3 Å². The van der Waals surface area contributed by atoms with E-state index in [2.05, 4.69) is 10.2 Å². The maximum atomic E-state index is 11.0. The summed E-state index contributed by atoms with van der Waals surface area (Å²) in [4.78, 5) is 21.4. The van der Waals surface area contributed by atoms with Crippen LogP contribution in [-0.2, 0) is 4.79 Å². The van der Waals surface area contributed by atoms with Crippen LogP contribution in [-0.4, -0.2) is 34.1 Å². The van der Waals surface area contributed by atoms with Gasteiger partial charge in [-0.15, -0.1) is 10.2 Å². The monoisotopic (exact) mass is 278 g/mol. The van der Waals surface area contributed by atoms with E-state index >= 15 is 0 Å². The van der Waals surface area contributed by atoms with Gasteiger partial charge < -0.3 is 5.73 Å². The number of amides is 3. The van der Waals surface area contributed by atoms with Gasteiger partial charge in [0.1, 0.15) is 0 Å². The summed E-state index contributed by atoms with van der Waals surface area (Å²) in [5.74, 6) is 0.164. The van der Waals surface area contributed by atoms with E-state index in [1.165, 1.54) is 34.9 Å². The molecule has 0 aliphatic heterocycles. The fourth-order valence-electron chi connectivity index (χ4n) is 0.769. The van der Waals surface area contributed by atoms with Crippen LogP contribution in [0.1, 0.15) is 6.42 Å². The van der Waals surface area contributed by atoms with Crippen LogP contribution in [0.15, 0.2) is 8.68 Å². The number of thioether (sulfide) groups is 2. The normalized spacial score (nSPS) is 10.1. The number of carbonyl (C=O) groups is 2. The van der Waals surface area contributed by atoms with Gasteiger partial charge in [0.05, 0.1) is 0 Å². The molecule has 1 rings (SSSR count). The Kier molecular flexibility index (Phi) is 5.56. The first-order valence-electron chi connectivity index (χ1n) is 4.21. The molecule has 0 aromatic carbocycles. The summed E-state index contributed by atoms with van der Waals surface area (Å²) < 4.78 is 1.71. The van der Waals surface area contributed by atoms with Gasteiger partial charge in [-0.2, -0.15) is 0 Å². The summed E-state index contributed by atoms with van der Waals surface area (Å²) in [6, 6.07) is -0.824. The molecule has 1 aromatic heterocycles. The molecule has 0 radical (unpaired) electrons. The molecule has 3 N–H and O–H groups in total. The minimum atomic E-state index is -0.824. The van der Waals surface area contributed by atoms with E-state index < -0.39 is 6.03 Å². The molecule has 6 nitrogen and oxygen atoms in total. The molecule has 0 unspecified atom stereocenters. The molecule has 0 bridgehead atoms. The summed E-state index contributed by atoms with van der Waals surface area (Å²) in [6.07, 6.45) is 2.15. The Balaban J connectivity index is 2.25. The zero-order valence-corrected chi connectivity index (χ0v) is 10.9. The molecular formula is C7H10N4O2S3. The second-order valence-corrected chi connectivity index (χ2v) is 5.92. The zero-order valence-electron chi connectivity index (χ0n) is 8.43. The van der Waals surface area contributed by atoms with Gasteiger partial charge in [0.25, 0.3) is 0 Å². The van der Waals surface area contributed by atoms with Crippen LogP contribution < -0.4 is 11.1 Å². The fourth-order valence-corrected chi connectivity index (χ4v) is 3.22. The number of nitrogens with zero attached hydrogens (tertiary/aromatic N) is 2. The van der Waals surface area contributed by atoms with E-state index in [1.807, 2.05) is 11.6 Å². The molecule has 9 heteroatoms. The summed E-state index contributed by atoms with van der Waals surface area (Å²) in [7, 11) is 0. The van der Waals surface area contributed by atoms with Crippen LogP contribution in [0.4, 0.5) is 4.79 Å². The molecule has 3 amide bonds. The number of hydrogen-bond acceptors (Lipinski definition) is 7. The number of rotatable bonds is 5. The Morgan fingerprint density at radius 3 is 2.69 bits per heavy atom. The lowest BCUT2D eigenvalue weighted by Crippen LogP contribution is -2.35. The number of hydrogen-bond donors (Lipinski definition) is 2. The Labute approximate surface area is 105 Å². The first-order valence-corrected chi connectivity index (χ1v) is 7.24. The van der Waals surface area contributed by atoms with Crippen LogP contribution in [0.3, 0.4) is 0 Å². The van der Waals surface area contributed by atoms with Crippen molar-refractivity contribution in [2.75, 3.05) is 12.0 Å². The SMILES string of the molecule is CSc1nnc(SCCC(=O)NC(N)=O)s1. The minimum Gasteiger partial charge on any atom is -0.351 e. The number of nitrogens with two attached hydrogens (primary N) is 1. The Hall–Kier alpha value is -0.800. The van der Waals surface area contributed by atoms with Crippen molar-refractivity contribution < 1.29 is 9.59 Å². The maximum Gasteiger partial charge on any atom is 0.318 e. The van der Waals surface area contributed by atoms with Gasteiger partial charge in [0.2, 0.25) is 5.91 Å². The lowest BCUT2D eigenvalue weighted by molar-refractivity contribution is -0.119. The molecule has 0 aliphatic carbocycles. The third kappa shape index (κ3) is 4.81. The van der Waals surface area contributed by atoms with Crippen molar-refractivity contribution in [1.29, 1.82) is 0 Å². The molecule has 0 atom stereocenters. The van der Waals surface area contributed by atoms with Crippen molar-refractivity contribution in [3.63, 3.8) is 0 Å². The van der Waals surface area contributed by atoms with Gasteiger partial charge in [-0.1, -0.05) is 34.9 Å². The molecule has 16 heavy (non-hydrogen) atoms. The van der Waals surface area contributed by atoms with Gasteiger partial charge in [-0.05, 0) is 6.26 Å². The van der Waals surface area contributed by atoms with Gasteiger partial charge in [-0.3, -0.25) is 10.1 Å². The number of carbonyl (C=O) groups excluding carboxylic acids is 2. The molecule has 0 fully saturated rings. The molecule has 88 valence electrons. The van der Waals surface area contributed by atoms with Crippen molar-refractivity contribution in [2.24, 2.45) is 5.73 Å². The van der Waals surface area contributed by atoms with Gasteiger partial charge in [-0.25, -0.2) is 4.79 Å². The lowest BCUT2D eigenvalue weighted by atomic mass is 10.4. The summed E-state index contributed by atoms with van der Waals surface area (Å²) >= 11 is 4.44. The highest BCUT2D eigenvalue weighted by molar-refractivity contribution is 8.02. The Morgan fingerprint density at radius 1 is 1.44 bits per heavy atom. The third-order valence-corrected chi connectivity index (χ3v) is 4.41. The van der Waals surface area contributed by atoms with Crippen molar-refractivity contribution in [1.82, 2.24) is 15.5 Å². The highest BCUT2D eigenvalue weighted by Crippen LogP contribution is 2.27. The third-order valence-electron chi connectivity index (χ3n) is 1.38. The quantitative estimate of drug-likeness (QED) is 0.778. The maximum absolute atomic E-state index is 11.0. The molecule has 0 saturated heterocycles. The van der Waals surface area contributed by atoms with Crippen LogP contribution in [0.5, 0.6) is 0 Å². The van der Waals surface area contributed by atoms with Crippen LogP contribution >= 0.6 is 34.9 Å². The highest BCUT2D eigenvalue weighted by Gasteiger charge is 2.07. The van der Waals surface area contributed by atoms with Crippen molar-refractivity contribution in [3.8, 4) is 0 Å². The predicted octanol–water partition coefficient (Wildman–Crippen LogP) is 0.937. The van der Waals surface area contributed by atoms with Crippen molar-refractivity contribution in [3.05, 3.63) is 0 Å². The van der Waals surface area contributed by atoms with Crippen molar-refractivity contribution >= 4 is 46.8 Å². The Morgan fingerprint density at radius 2 is 2.12 bits per heavy atom. The standard InChI is InChI=1S/C7H10N4O2S3/c1-14-6-10-11-7(16-6)15-3-2-4(12)9-5(8)13/h2-3H2,1H3,(H3,8,9,12,13). The van der Waals surface area contributed by atoms with Gasteiger partial charge >= 0.3 is 6.03 Å². The molecule has 1 heterocycles. The molecule has 0 saturated carbocycles. The van der Waals surface area contributed by atoms with E-state index in [0.717, 1.165) is 8.68 Å². The lowest BCUT2D eigenvalue weighted by Gasteiger charge is -1.98. The topological polar surface area (TPSA) is 98.0 Å². The van der Waals surface area contributed by atoms with E-state index in [0.29, 0.717) is 5.75 Å². The molecule has 0 aliphatic rings. The molecular weight excluding hydrogens is 268 g/mol. The predicted molar refractivity (Wildman–Crippen MR) is 64.8 cm³/mol. The average Bonchev–Trinajstić information content (AvgIpc) is 2.64. The summed E-state index contributed by atoms with van der Waals surface area (Å²) in [5, 5.41) is 9.84. The number of primary amides is 1. The fraction of sp³-hybridized carbons (Fsp3) is 0.429. The first kappa shape index (κ1) is 13.3. The summed E-state index contributed by atoms with van der Waals surface area (Å²) in [6.45, 7) is 0. The largest absolute Gasteiger partial charge is 0.351 e. The second-order valence-electron chi connectivity index (χ2n) is 2.55. The highest BCUT2D eigenvalue weighted by atomic mass is 32.2. The van der Waals surface area contributed by atoms with E-state index in [9.17, 15) is 9.59 Å². The van der Waals surface area contributed by atoms with Crippen molar-refractivity contribution in [2.45, 2.75) is 15.1 Å². The van der Waals surface area contributed by atoms with E-state index in [1.54, 1.807) is 0 Å². The molecule has 1 aromatic rings. The van der Waals surface area contributed by atoms with E-state index in [4.69, 9.17) is 5.73 Å². The number of nitrogens with one attached hydrogen (secondary N) is 1. The first-order chi connectivity index (χ1) is 7.61. The zero-order chi connectivity index (χ0) is 12.0. The number of imide groups is 1.